The molecule has 18 heavy (non-hydrogen) atoms. The lowest BCUT2D eigenvalue weighted by Gasteiger charge is -2.36. The second kappa shape index (κ2) is 5.38. The van der Waals surface area contributed by atoms with Crippen LogP contribution in [0.2, 0.25) is 0 Å². The number of hydrogen-bond donors (Lipinski definition) is 2. The number of aromatic amines is 1. The molecule has 0 saturated heterocycles. The first kappa shape index (κ1) is 13.5. The highest BCUT2D eigenvalue weighted by Gasteiger charge is 2.34. The third-order valence-electron chi connectivity index (χ3n) is 3.77. The summed E-state index contributed by atoms with van der Waals surface area (Å²) in [5.41, 5.74) is 5.75. The van der Waals surface area contributed by atoms with Gasteiger partial charge in [0.15, 0.2) is 5.03 Å². The quantitative estimate of drug-likeness (QED) is 0.837. The molecule has 1 aliphatic carbocycles. The van der Waals surface area contributed by atoms with Gasteiger partial charge >= 0.3 is 0 Å². The van der Waals surface area contributed by atoms with Gasteiger partial charge in [-0.05, 0) is 31.4 Å². The number of nitrogens with two attached hydrogens (primary N) is 1. The molecule has 1 aromatic rings. The third-order valence-corrected chi connectivity index (χ3v) is 5.58. The second-order valence-electron chi connectivity index (χ2n) is 4.79. The summed E-state index contributed by atoms with van der Waals surface area (Å²) in [6, 6.07) is 1.48. The Morgan fingerprint density at radius 3 is 2.83 bits per heavy atom. The van der Waals surface area contributed by atoms with Crippen LogP contribution in [0.1, 0.15) is 25.7 Å². The number of hydrogen-bond acceptors (Lipinski definition) is 4. The molecule has 0 aliphatic heterocycles. The van der Waals surface area contributed by atoms with Crippen molar-refractivity contribution in [2.45, 2.75) is 36.8 Å². The normalized spacial score (nSPS) is 25.5. The Balaban J connectivity index is 2.22. The lowest BCUT2D eigenvalue weighted by molar-refractivity contribution is 0.204. The molecule has 2 rings (SSSR count). The van der Waals surface area contributed by atoms with Crippen molar-refractivity contribution in [3.05, 3.63) is 12.3 Å². The summed E-state index contributed by atoms with van der Waals surface area (Å²) in [4.78, 5) is 0. The van der Waals surface area contributed by atoms with Gasteiger partial charge in [0.2, 0.25) is 0 Å². The Hall–Kier alpha value is -0.920. The minimum Gasteiger partial charge on any atom is -0.330 e. The number of nitrogens with zero attached hydrogens (tertiary/aromatic N) is 2. The highest BCUT2D eigenvalue weighted by atomic mass is 32.2. The molecular formula is C11H20N4O2S. The van der Waals surface area contributed by atoms with Crippen LogP contribution in [-0.4, -0.2) is 42.6 Å². The van der Waals surface area contributed by atoms with Gasteiger partial charge in [0.1, 0.15) is 0 Å². The smallest absolute Gasteiger partial charge is 0.259 e. The molecule has 1 fully saturated rings. The number of rotatable bonds is 4. The first-order valence-electron chi connectivity index (χ1n) is 6.25. The zero-order valence-corrected chi connectivity index (χ0v) is 11.4. The summed E-state index contributed by atoms with van der Waals surface area (Å²) in [5.74, 6) is 0.251. The van der Waals surface area contributed by atoms with Crippen LogP contribution < -0.4 is 5.73 Å². The molecule has 0 bridgehead atoms. The van der Waals surface area contributed by atoms with Gasteiger partial charge in [-0.15, -0.1) is 0 Å². The monoisotopic (exact) mass is 272 g/mol. The van der Waals surface area contributed by atoms with Crippen molar-refractivity contribution >= 4 is 10.0 Å². The number of H-pyrrole nitrogens is 1. The maximum Gasteiger partial charge on any atom is 0.259 e. The average molecular weight is 272 g/mol. The standard InChI is InChI=1S/C11H20N4O2S/c1-15(10-5-3-2-4-9(10)8-12)18(16,17)11-6-7-13-14-11/h6-7,9-10H,2-5,8,12H2,1H3,(H,13,14). The van der Waals surface area contributed by atoms with E-state index in [9.17, 15) is 8.42 Å². The average Bonchev–Trinajstić information content (AvgIpc) is 2.92. The van der Waals surface area contributed by atoms with Crippen molar-refractivity contribution in [1.82, 2.24) is 14.5 Å². The largest absolute Gasteiger partial charge is 0.330 e. The van der Waals surface area contributed by atoms with Crippen LogP contribution in [0.4, 0.5) is 0 Å². The summed E-state index contributed by atoms with van der Waals surface area (Å²) in [5, 5.41) is 6.36. The third kappa shape index (κ3) is 2.43. The molecule has 0 radical (unpaired) electrons. The summed E-state index contributed by atoms with van der Waals surface area (Å²) < 4.78 is 26.2. The topological polar surface area (TPSA) is 92.1 Å². The Labute approximate surface area is 108 Å². The van der Waals surface area contributed by atoms with E-state index in [1.807, 2.05) is 0 Å². The fraction of sp³-hybridized carbons (Fsp3) is 0.727. The van der Waals surface area contributed by atoms with Gasteiger partial charge in [-0.2, -0.15) is 9.40 Å². The van der Waals surface area contributed by atoms with Gasteiger partial charge in [0.05, 0.1) is 6.20 Å². The number of aromatic nitrogens is 2. The fourth-order valence-corrected chi connectivity index (χ4v) is 4.01. The van der Waals surface area contributed by atoms with Gasteiger partial charge < -0.3 is 5.73 Å². The molecule has 0 aromatic carbocycles. The van der Waals surface area contributed by atoms with E-state index in [2.05, 4.69) is 10.2 Å². The molecule has 2 atom stereocenters. The summed E-state index contributed by atoms with van der Waals surface area (Å²) in [6.45, 7) is 0.535. The van der Waals surface area contributed by atoms with E-state index >= 15 is 0 Å². The number of sulfonamides is 1. The molecule has 7 heteroatoms. The van der Waals surface area contributed by atoms with Crippen LogP contribution in [0.25, 0.3) is 0 Å². The van der Waals surface area contributed by atoms with E-state index < -0.39 is 10.0 Å². The predicted octanol–water partition coefficient (Wildman–Crippen LogP) is 0.548. The maximum atomic E-state index is 12.4. The zero-order chi connectivity index (χ0) is 13.2. The zero-order valence-electron chi connectivity index (χ0n) is 10.5. The van der Waals surface area contributed by atoms with Crippen molar-refractivity contribution in [3.63, 3.8) is 0 Å². The highest BCUT2D eigenvalue weighted by molar-refractivity contribution is 7.89. The second-order valence-corrected chi connectivity index (χ2v) is 6.76. The van der Waals surface area contributed by atoms with E-state index in [-0.39, 0.29) is 17.0 Å². The molecule has 0 spiro atoms. The molecular weight excluding hydrogens is 252 g/mol. The maximum absolute atomic E-state index is 12.4. The fourth-order valence-electron chi connectivity index (χ4n) is 2.66. The van der Waals surface area contributed by atoms with Gasteiger partial charge in [-0.1, -0.05) is 12.8 Å². The molecule has 6 nitrogen and oxygen atoms in total. The van der Waals surface area contributed by atoms with Crippen LogP contribution >= 0.6 is 0 Å². The van der Waals surface area contributed by atoms with E-state index in [4.69, 9.17) is 5.73 Å². The summed E-state index contributed by atoms with van der Waals surface area (Å²) in [6.07, 6.45) is 5.53. The van der Waals surface area contributed by atoms with Gasteiger partial charge in [0, 0.05) is 13.1 Å². The van der Waals surface area contributed by atoms with Crippen molar-refractivity contribution < 1.29 is 8.42 Å². The molecule has 3 N–H and O–H groups in total. The van der Waals surface area contributed by atoms with Gasteiger partial charge in [-0.25, -0.2) is 8.42 Å². The summed E-state index contributed by atoms with van der Waals surface area (Å²) in [7, 11) is -1.84. The molecule has 1 aliphatic rings. The van der Waals surface area contributed by atoms with Crippen LogP contribution in [0.3, 0.4) is 0 Å². The Kier molecular flexibility index (Phi) is 4.04. The van der Waals surface area contributed by atoms with E-state index in [0.29, 0.717) is 6.54 Å². The highest BCUT2D eigenvalue weighted by Crippen LogP contribution is 2.29. The minimum atomic E-state index is -3.48. The predicted molar refractivity (Wildman–Crippen MR) is 68.3 cm³/mol. The van der Waals surface area contributed by atoms with E-state index in [1.54, 1.807) is 7.05 Å². The minimum absolute atomic E-state index is 0.00273. The van der Waals surface area contributed by atoms with E-state index in [1.165, 1.54) is 16.6 Å². The summed E-state index contributed by atoms with van der Waals surface area (Å²) >= 11 is 0. The molecule has 1 heterocycles. The lowest BCUT2D eigenvalue weighted by atomic mass is 9.85. The first-order chi connectivity index (χ1) is 8.57. The van der Waals surface area contributed by atoms with E-state index in [0.717, 1.165) is 25.7 Å². The van der Waals surface area contributed by atoms with Crippen molar-refractivity contribution in [3.8, 4) is 0 Å². The van der Waals surface area contributed by atoms with Crippen LogP contribution in [-0.2, 0) is 10.0 Å². The molecule has 102 valence electrons. The van der Waals surface area contributed by atoms with Crippen molar-refractivity contribution in [2.75, 3.05) is 13.6 Å². The number of nitrogens with one attached hydrogen (secondary N) is 1. The van der Waals surface area contributed by atoms with Crippen molar-refractivity contribution in [2.24, 2.45) is 11.7 Å². The molecule has 0 amide bonds. The van der Waals surface area contributed by atoms with Gasteiger partial charge in [-0.3, -0.25) is 5.10 Å². The Morgan fingerprint density at radius 2 is 2.22 bits per heavy atom. The van der Waals surface area contributed by atoms with Crippen molar-refractivity contribution in [1.29, 1.82) is 0 Å². The molecule has 1 saturated carbocycles. The molecule has 2 unspecified atom stereocenters. The lowest BCUT2D eigenvalue weighted by Crippen LogP contribution is -2.45. The molecule has 1 aromatic heterocycles. The van der Waals surface area contributed by atoms with Crippen LogP contribution in [0, 0.1) is 5.92 Å². The first-order valence-corrected chi connectivity index (χ1v) is 7.69. The van der Waals surface area contributed by atoms with Crippen LogP contribution in [0.5, 0.6) is 0 Å². The SMILES string of the molecule is CN(C1CCCCC1CN)S(=O)(=O)c1ccn[nH]1. The Morgan fingerprint density at radius 1 is 1.50 bits per heavy atom. The Bertz CT molecular complexity index is 471. The van der Waals surface area contributed by atoms with Gasteiger partial charge in [0.25, 0.3) is 10.0 Å². The van der Waals surface area contributed by atoms with Crippen LogP contribution in [0.15, 0.2) is 17.3 Å².